The van der Waals surface area contributed by atoms with Crippen molar-refractivity contribution in [2.45, 2.75) is 56.1 Å². The van der Waals surface area contributed by atoms with Gasteiger partial charge in [-0.2, -0.15) is 5.26 Å². The summed E-state index contributed by atoms with van der Waals surface area (Å²) in [6.45, 7) is 2.25. The molecule has 2 aliphatic heterocycles. The molecule has 2 fully saturated rings. The van der Waals surface area contributed by atoms with Crippen LogP contribution in [-0.2, 0) is 16.6 Å². The number of nitriles is 1. The van der Waals surface area contributed by atoms with Crippen LogP contribution in [0.1, 0.15) is 43.2 Å². The molecule has 0 aromatic heterocycles. The van der Waals surface area contributed by atoms with Crippen LogP contribution < -0.4 is 9.47 Å². The van der Waals surface area contributed by atoms with E-state index in [0.717, 1.165) is 49.0 Å². The van der Waals surface area contributed by atoms with Crippen molar-refractivity contribution < 1.29 is 14.2 Å². The minimum atomic E-state index is -0.203. The number of ether oxygens (including phenoxy) is 3. The number of methoxy groups -OCH3 is 2. The summed E-state index contributed by atoms with van der Waals surface area (Å²) in [5.74, 6) is 3.45. The van der Waals surface area contributed by atoms with Gasteiger partial charge in [-0.3, -0.25) is 4.90 Å². The van der Waals surface area contributed by atoms with Crippen molar-refractivity contribution in [3.8, 4) is 17.6 Å². The Balaban J connectivity index is 1.61. The molecule has 0 unspecified atom stereocenters. The van der Waals surface area contributed by atoms with Crippen molar-refractivity contribution >= 4 is 0 Å². The van der Waals surface area contributed by atoms with Crippen molar-refractivity contribution in [2.75, 3.05) is 27.3 Å². The molecular weight excluding hydrogens is 364 g/mol. The lowest BCUT2D eigenvalue weighted by atomic mass is 9.43. The Hall–Kier alpha value is -2.19. The van der Waals surface area contributed by atoms with Crippen LogP contribution in [-0.4, -0.2) is 44.4 Å². The Morgan fingerprint density at radius 2 is 2.14 bits per heavy atom. The van der Waals surface area contributed by atoms with Crippen LogP contribution in [0.15, 0.2) is 24.0 Å². The number of likely N-dealkylation sites (tertiary alicyclic amines) is 1. The molecule has 2 bridgehead atoms. The van der Waals surface area contributed by atoms with Gasteiger partial charge in [-0.25, -0.2) is 0 Å². The lowest BCUT2D eigenvalue weighted by Crippen LogP contribution is -2.70. The second-order valence-corrected chi connectivity index (χ2v) is 9.51. The maximum Gasteiger partial charge on any atom is 0.166 e. The van der Waals surface area contributed by atoms with Gasteiger partial charge in [0.1, 0.15) is 5.76 Å². The highest BCUT2D eigenvalue weighted by Gasteiger charge is 2.72. The smallest absolute Gasteiger partial charge is 0.166 e. The van der Waals surface area contributed by atoms with Gasteiger partial charge in [0, 0.05) is 30.0 Å². The minimum Gasteiger partial charge on any atom is -0.497 e. The lowest BCUT2D eigenvalue weighted by molar-refractivity contribution is -0.105. The molecule has 5 heteroatoms. The Kier molecular flexibility index (Phi) is 3.60. The fourth-order valence-corrected chi connectivity index (χ4v) is 7.10. The van der Waals surface area contributed by atoms with E-state index in [-0.39, 0.29) is 16.9 Å². The van der Waals surface area contributed by atoms with Crippen LogP contribution >= 0.6 is 0 Å². The Labute approximate surface area is 172 Å². The van der Waals surface area contributed by atoms with E-state index in [9.17, 15) is 5.26 Å². The lowest BCUT2D eigenvalue weighted by Gasteiger charge is -2.64. The molecule has 3 aliphatic carbocycles. The van der Waals surface area contributed by atoms with Crippen molar-refractivity contribution in [3.05, 3.63) is 35.1 Å². The van der Waals surface area contributed by atoms with Crippen LogP contribution in [0, 0.1) is 22.7 Å². The summed E-state index contributed by atoms with van der Waals surface area (Å²) in [4.78, 5) is 2.72. The Morgan fingerprint density at radius 1 is 1.28 bits per heavy atom. The summed E-state index contributed by atoms with van der Waals surface area (Å²) in [5.41, 5.74) is 2.35. The molecule has 5 aliphatic rings. The number of hydrogen-bond donors (Lipinski definition) is 0. The first kappa shape index (κ1) is 17.7. The van der Waals surface area contributed by atoms with Gasteiger partial charge in [-0.05, 0) is 62.3 Å². The minimum absolute atomic E-state index is 0.133. The molecule has 29 heavy (non-hydrogen) atoms. The first-order valence-electron chi connectivity index (χ1n) is 10.9. The average Bonchev–Trinajstić information content (AvgIpc) is 3.48. The molecule has 1 saturated carbocycles. The number of nitrogens with zero attached hydrogens (tertiary/aromatic N) is 2. The van der Waals surface area contributed by atoms with Crippen molar-refractivity contribution in [2.24, 2.45) is 11.3 Å². The highest BCUT2D eigenvalue weighted by atomic mass is 16.6. The molecule has 1 spiro atoms. The highest BCUT2D eigenvalue weighted by Crippen LogP contribution is 2.70. The predicted octanol–water partition coefficient (Wildman–Crippen LogP) is 3.57. The molecule has 5 nitrogen and oxygen atoms in total. The topological polar surface area (TPSA) is 54.7 Å². The number of benzene rings is 1. The monoisotopic (exact) mass is 392 g/mol. The van der Waals surface area contributed by atoms with Crippen LogP contribution in [0.25, 0.3) is 0 Å². The number of rotatable bonds is 5. The maximum atomic E-state index is 9.97. The molecule has 1 aromatic rings. The van der Waals surface area contributed by atoms with Gasteiger partial charge in [0.25, 0.3) is 0 Å². The summed E-state index contributed by atoms with van der Waals surface area (Å²) in [6, 6.07) is 7.26. The van der Waals surface area contributed by atoms with Gasteiger partial charge in [0.05, 0.1) is 25.7 Å². The van der Waals surface area contributed by atoms with Crippen LogP contribution in [0.5, 0.6) is 11.5 Å². The van der Waals surface area contributed by atoms with E-state index in [0.29, 0.717) is 12.5 Å². The normalized spacial score (nSPS) is 36.5. The van der Waals surface area contributed by atoms with E-state index in [1.165, 1.54) is 30.5 Å². The zero-order chi connectivity index (χ0) is 19.8. The van der Waals surface area contributed by atoms with Crippen molar-refractivity contribution in [1.82, 2.24) is 4.90 Å². The standard InChI is InChI=1S/C24H28N2O3/c1-27-17-6-5-16-13-19-23(9-11-25)8-7-18(28-2)22-24(23,20(16)21(17)29-22)10-12-26(19)14-15-3-4-15/h5-7,15,19,22H,3-4,8-10,12-14H2,1-2H3/t19-,22+,23-,24+/m1/s1. The van der Waals surface area contributed by atoms with Gasteiger partial charge >= 0.3 is 0 Å². The fraction of sp³-hybridized carbons (Fsp3) is 0.625. The Morgan fingerprint density at radius 3 is 2.86 bits per heavy atom. The van der Waals surface area contributed by atoms with Crippen LogP contribution in [0.3, 0.4) is 0 Å². The first-order chi connectivity index (χ1) is 14.2. The number of hydrogen-bond acceptors (Lipinski definition) is 5. The molecule has 6 rings (SSSR count). The first-order valence-corrected chi connectivity index (χ1v) is 10.9. The molecule has 1 saturated heterocycles. The zero-order valence-corrected chi connectivity index (χ0v) is 17.2. The van der Waals surface area contributed by atoms with Gasteiger partial charge < -0.3 is 14.2 Å². The van der Waals surface area contributed by atoms with E-state index in [4.69, 9.17) is 14.2 Å². The molecular formula is C24H28N2O3. The average molecular weight is 392 g/mol. The third-order valence-corrected chi connectivity index (χ3v) is 8.48. The van der Waals surface area contributed by atoms with Gasteiger partial charge in [-0.15, -0.1) is 0 Å². The van der Waals surface area contributed by atoms with E-state index in [1.807, 2.05) is 0 Å². The summed E-state index contributed by atoms with van der Waals surface area (Å²) in [6.07, 6.45) is 8.20. The third kappa shape index (κ3) is 2.03. The molecule has 1 aromatic carbocycles. The van der Waals surface area contributed by atoms with Gasteiger partial charge in [-0.1, -0.05) is 6.07 Å². The summed E-state index contributed by atoms with van der Waals surface area (Å²) in [5, 5.41) is 9.97. The Bertz CT molecular complexity index is 946. The highest BCUT2D eigenvalue weighted by molar-refractivity contribution is 5.63. The van der Waals surface area contributed by atoms with Crippen LogP contribution in [0.4, 0.5) is 0 Å². The largest absolute Gasteiger partial charge is 0.497 e. The maximum absolute atomic E-state index is 9.97. The second-order valence-electron chi connectivity index (χ2n) is 9.51. The predicted molar refractivity (Wildman–Crippen MR) is 108 cm³/mol. The summed E-state index contributed by atoms with van der Waals surface area (Å²) >= 11 is 0. The molecule has 2 heterocycles. The zero-order valence-electron chi connectivity index (χ0n) is 17.2. The molecule has 152 valence electrons. The fourth-order valence-electron chi connectivity index (χ4n) is 7.10. The van der Waals surface area contributed by atoms with E-state index >= 15 is 0 Å². The SMILES string of the molecule is COC1=CC[C@@]2(CC#N)[C@H]3Cc4ccc(OC)c5c4[C@@]2(CCN3CC2CC2)[C@H]1O5. The van der Waals surface area contributed by atoms with E-state index in [1.54, 1.807) is 14.2 Å². The molecule has 4 atom stereocenters. The second kappa shape index (κ2) is 5.92. The van der Waals surface area contributed by atoms with Crippen molar-refractivity contribution in [1.29, 1.82) is 5.26 Å². The molecule has 0 radical (unpaired) electrons. The van der Waals surface area contributed by atoms with E-state index in [2.05, 4.69) is 29.2 Å². The van der Waals surface area contributed by atoms with E-state index < -0.39 is 0 Å². The third-order valence-electron chi connectivity index (χ3n) is 8.48. The van der Waals surface area contributed by atoms with Crippen molar-refractivity contribution in [3.63, 3.8) is 0 Å². The molecule has 0 N–H and O–H groups in total. The number of allylic oxidation sites excluding steroid dienone is 1. The molecule has 0 amide bonds. The summed E-state index contributed by atoms with van der Waals surface area (Å²) < 4.78 is 18.2. The quantitative estimate of drug-likeness (QED) is 0.767. The van der Waals surface area contributed by atoms with Gasteiger partial charge in [0.2, 0.25) is 0 Å². The summed E-state index contributed by atoms with van der Waals surface area (Å²) in [7, 11) is 3.45. The van der Waals surface area contributed by atoms with Crippen LogP contribution in [0.2, 0.25) is 0 Å². The number of piperidine rings is 1. The van der Waals surface area contributed by atoms with Gasteiger partial charge in [0.15, 0.2) is 17.6 Å².